The predicted molar refractivity (Wildman–Crippen MR) is 379 cm³/mol. The van der Waals surface area contributed by atoms with Crippen molar-refractivity contribution in [2.45, 2.75) is 296 Å². The number of esters is 2. The Kier molecular flexibility index (Phi) is 65.3. The van der Waals surface area contributed by atoms with E-state index in [0.29, 0.717) is 17.4 Å². The van der Waals surface area contributed by atoms with Crippen LogP contribution < -0.4 is 5.11 Å². The molecule has 0 radical (unpaired) electrons. The molecule has 0 saturated heterocycles. The van der Waals surface area contributed by atoms with Crippen LogP contribution in [0.1, 0.15) is 284 Å². The van der Waals surface area contributed by atoms with Crippen molar-refractivity contribution in [3.05, 3.63) is 146 Å². The topological polar surface area (TPSA) is 111 Å². The summed E-state index contributed by atoms with van der Waals surface area (Å²) in [4.78, 5) is 37.5. The number of aliphatic carboxylic acids is 1. The first-order valence-corrected chi connectivity index (χ1v) is 36.0. The summed E-state index contributed by atoms with van der Waals surface area (Å²) < 4.78 is 22.8. The molecule has 0 aromatic carbocycles. The molecule has 0 rings (SSSR count). The van der Waals surface area contributed by atoms with E-state index in [-0.39, 0.29) is 38.6 Å². The molecule has 9 nitrogen and oxygen atoms in total. The number of carboxylic acids is 1. The van der Waals surface area contributed by atoms with E-state index in [0.717, 1.165) is 122 Å². The Morgan fingerprint density at radius 1 is 0.337 bits per heavy atom. The number of unbranched alkanes of at least 4 members (excludes halogenated alkanes) is 26. The number of carbonyl (C=O) groups excluding carboxylic acids is 3. The van der Waals surface area contributed by atoms with Crippen molar-refractivity contribution in [3.8, 4) is 0 Å². The van der Waals surface area contributed by atoms with Gasteiger partial charge in [-0.25, -0.2) is 0 Å². The van der Waals surface area contributed by atoms with E-state index < -0.39 is 24.3 Å². The minimum Gasteiger partial charge on any atom is -0.545 e. The lowest BCUT2D eigenvalue weighted by molar-refractivity contribution is -0.870. The number of likely N-dealkylation sites (N-methyl/N-ethyl adjacent to an activating group) is 1. The van der Waals surface area contributed by atoms with Gasteiger partial charge in [0.05, 0.1) is 40.3 Å². The standard InChI is InChI=1S/C80H133NO8/c1-6-8-10-12-14-16-18-20-22-24-26-28-30-32-34-36-38-39-41-43-45-47-49-51-53-55-57-59-61-63-65-67-69-71-78(83)89-76(75-88-80(79(84)85)86-73-72-81(3,4)5)74-87-77(82)70-68-66-64-62-60-58-56-54-52-50-48-46-44-42-40-37-35-33-31-29-27-25-23-21-19-17-15-13-11-9-7-2/h8-11,14-17,20-23,26-29,32-35,38-39,43,45,76,80H,6-7,12-13,18-19,24-25,30-31,36-37,40-42,44,46-75H2,1-5H3/b10-8-,11-9-,16-14-,17-15-,22-20-,23-21-,28-26-,29-27-,34-32-,35-33-,39-38-,45-43-. The quantitative estimate of drug-likeness (QED) is 0.0195. The van der Waals surface area contributed by atoms with Gasteiger partial charge in [-0.2, -0.15) is 0 Å². The van der Waals surface area contributed by atoms with E-state index in [1.54, 1.807) is 0 Å². The van der Waals surface area contributed by atoms with Crippen LogP contribution in [0.2, 0.25) is 0 Å². The molecule has 0 spiro atoms. The lowest BCUT2D eigenvalue weighted by Crippen LogP contribution is -2.44. The highest BCUT2D eigenvalue weighted by molar-refractivity contribution is 5.70. The van der Waals surface area contributed by atoms with Gasteiger partial charge in [-0.05, 0) is 116 Å². The number of nitrogens with zero attached hydrogens (tertiary/aromatic N) is 1. The smallest absolute Gasteiger partial charge is 0.306 e. The monoisotopic (exact) mass is 1240 g/mol. The van der Waals surface area contributed by atoms with Crippen LogP contribution in [0.5, 0.6) is 0 Å². The SMILES string of the molecule is CC/C=C\C/C=C\C/C=C\C/C=C\C/C=C\C/C=C\C/C=C\CCCCCCCCCCCCCC(=O)OC(COC(=O)CCCCCCCCCCCCCCCCC/C=C\C/C=C\C/C=C\C/C=C\C/C=C\CC)COC(OCC[N+](C)(C)C)C(=O)[O-]. The largest absolute Gasteiger partial charge is 0.545 e. The van der Waals surface area contributed by atoms with Gasteiger partial charge in [0.15, 0.2) is 12.4 Å². The van der Waals surface area contributed by atoms with Gasteiger partial charge in [-0.15, -0.1) is 0 Å². The third kappa shape index (κ3) is 70.5. The zero-order valence-corrected chi connectivity index (χ0v) is 57.8. The van der Waals surface area contributed by atoms with E-state index in [1.807, 2.05) is 21.1 Å². The molecule has 0 bridgehead atoms. The number of hydrogen-bond acceptors (Lipinski definition) is 8. The van der Waals surface area contributed by atoms with Crippen molar-refractivity contribution >= 4 is 17.9 Å². The number of carboxylic acid groups (broad SMARTS) is 1. The molecule has 0 aliphatic carbocycles. The molecule has 0 heterocycles. The van der Waals surface area contributed by atoms with Crippen LogP contribution >= 0.6 is 0 Å². The molecule has 0 aromatic rings. The Hall–Kier alpha value is -4.83. The molecule has 0 aliphatic heterocycles. The minimum atomic E-state index is -1.63. The van der Waals surface area contributed by atoms with Crippen molar-refractivity contribution in [2.24, 2.45) is 0 Å². The van der Waals surface area contributed by atoms with Gasteiger partial charge in [0.1, 0.15) is 13.2 Å². The molecule has 0 fully saturated rings. The van der Waals surface area contributed by atoms with Gasteiger partial charge in [0, 0.05) is 12.8 Å². The van der Waals surface area contributed by atoms with Crippen molar-refractivity contribution in [1.82, 2.24) is 0 Å². The third-order valence-electron chi connectivity index (χ3n) is 15.1. The second kappa shape index (κ2) is 69.1. The summed E-state index contributed by atoms with van der Waals surface area (Å²) in [5.41, 5.74) is 0. The zero-order chi connectivity index (χ0) is 64.7. The third-order valence-corrected chi connectivity index (χ3v) is 15.1. The Labute approximate surface area is 547 Å². The Morgan fingerprint density at radius 3 is 0.899 bits per heavy atom. The lowest BCUT2D eigenvalue weighted by atomic mass is 10.0. The van der Waals surface area contributed by atoms with Crippen LogP contribution in [0.25, 0.3) is 0 Å². The van der Waals surface area contributed by atoms with Crippen LogP contribution in [-0.2, 0) is 33.3 Å². The summed E-state index contributed by atoms with van der Waals surface area (Å²) >= 11 is 0. The van der Waals surface area contributed by atoms with Gasteiger partial charge in [-0.3, -0.25) is 9.59 Å². The summed E-state index contributed by atoms with van der Waals surface area (Å²) in [7, 11) is 5.93. The normalized spacial score (nSPS) is 13.6. The van der Waals surface area contributed by atoms with Crippen LogP contribution in [0.15, 0.2) is 146 Å². The van der Waals surface area contributed by atoms with Crippen molar-refractivity contribution in [3.63, 3.8) is 0 Å². The van der Waals surface area contributed by atoms with Crippen LogP contribution in [0.3, 0.4) is 0 Å². The molecule has 9 heteroatoms. The number of allylic oxidation sites excluding steroid dienone is 24. The zero-order valence-electron chi connectivity index (χ0n) is 57.8. The molecule has 506 valence electrons. The Balaban J connectivity index is 4.14. The summed E-state index contributed by atoms with van der Waals surface area (Å²) in [5, 5.41) is 11.8. The Bertz CT molecular complexity index is 1970. The molecule has 0 aliphatic rings. The second-order valence-corrected chi connectivity index (χ2v) is 24.8. The van der Waals surface area contributed by atoms with Gasteiger partial charge < -0.3 is 33.3 Å². The fourth-order valence-electron chi connectivity index (χ4n) is 9.66. The molecule has 2 unspecified atom stereocenters. The van der Waals surface area contributed by atoms with Crippen LogP contribution in [0.4, 0.5) is 0 Å². The first-order chi connectivity index (χ1) is 43.6. The number of ether oxygens (including phenoxy) is 4. The summed E-state index contributed by atoms with van der Waals surface area (Å²) in [5.74, 6) is -2.29. The maximum atomic E-state index is 12.9. The van der Waals surface area contributed by atoms with Crippen molar-refractivity contribution in [2.75, 3.05) is 47.5 Å². The molecule has 0 saturated carbocycles. The highest BCUT2D eigenvalue weighted by Crippen LogP contribution is 2.17. The van der Waals surface area contributed by atoms with Gasteiger partial charge in [0.25, 0.3) is 0 Å². The maximum Gasteiger partial charge on any atom is 0.306 e. The first kappa shape index (κ1) is 84.2. The van der Waals surface area contributed by atoms with Gasteiger partial charge in [0.2, 0.25) is 0 Å². The van der Waals surface area contributed by atoms with Crippen LogP contribution in [-0.4, -0.2) is 82.3 Å². The van der Waals surface area contributed by atoms with Crippen LogP contribution in [0, 0.1) is 0 Å². The van der Waals surface area contributed by atoms with Gasteiger partial charge in [-0.1, -0.05) is 301 Å². The highest BCUT2D eigenvalue weighted by atomic mass is 16.7. The average Bonchev–Trinajstić information content (AvgIpc) is 3.64. The predicted octanol–water partition coefficient (Wildman–Crippen LogP) is 21.4. The number of rotatable bonds is 65. The van der Waals surface area contributed by atoms with Crippen molar-refractivity contribution in [1.29, 1.82) is 0 Å². The molecule has 0 N–H and O–H groups in total. The first-order valence-electron chi connectivity index (χ1n) is 36.0. The molecule has 0 amide bonds. The van der Waals surface area contributed by atoms with Gasteiger partial charge >= 0.3 is 11.9 Å². The minimum absolute atomic E-state index is 0.141. The van der Waals surface area contributed by atoms with E-state index in [4.69, 9.17) is 18.9 Å². The molecule has 0 aromatic heterocycles. The number of quaternary nitrogens is 1. The Morgan fingerprint density at radius 2 is 0.607 bits per heavy atom. The highest BCUT2D eigenvalue weighted by Gasteiger charge is 2.22. The molecule has 89 heavy (non-hydrogen) atoms. The fraction of sp³-hybridized carbons (Fsp3) is 0.662. The van der Waals surface area contributed by atoms with E-state index in [2.05, 4.69) is 160 Å². The lowest BCUT2D eigenvalue weighted by Gasteiger charge is -2.26. The summed E-state index contributed by atoms with van der Waals surface area (Å²) in [6.07, 6.45) is 97.8. The molecule has 2 atom stereocenters. The van der Waals surface area contributed by atoms with E-state index >= 15 is 0 Å². The van der Waals surface area contributed by atoms with E-state index in [9.17, 15) is 19.5 Å². The van der Waals surface area contributed by atoms with E-state index in [1.165, 1.54) is 128 Å². The summed E-state index contributed by atoms with van der Waals surface area (Å²) in [6, 6.07) is 0. The number of hydrogen-bond donors (Lipinski definition) is 0. The molecular weight excluding hydrogens is 1100 g/mol. The maximum absolute atomic E-state index is 12.9. The summed E-state index contributed by atoms with van der Waals surface area (Å²) in [6.45, 7) is 4.53. The second-order valence-electron chi connectivity index (χ2n) is 24.8. The molecular formula is C80H133NO8. The average molecular weight is 1240 g/mol. The van der Waals surface area contributed by atoms with Crippen molar-refractivity contribution < 1.29 is 42.9 Å². The fourth-order valence-corrected chi connectivity index (χ4v) is 9.66. The number of carbonyl (C=O) groups is 3.